The summed E-state index contributed by atoms with van der Waals surface area (Å²) in [5, 5.41) is 7.70. The van der Waals surface area contributed by atoms with E-state index in [1.807, 2.05) is 39.3 Å². The largest absolute Gasteiger partial charge is 0.444 e. The van der Waals surface area contributed by atoms with Crippen LogP contribution in [0.1, 0.15) is 67.9 Å². The molecule has 0 aromatic carbocycles. The van der Waals surface area contributed by atoms with Crippen LogP contribution in [0.2, 0.25) is 16.6 Å². The van der Waals surface area contributed by atoms with Crippen LogP contribution < -0.4 is 10.6 Å². The quantitative estimate of drug-likeness (QED) is 0.152. The Kier molecular flexibility index (Phi) is 11.4. The molecule has 0 bridgehead atoms. The number of aromatic nitrogens is 3. The third-order valence-corrected chi connectivity index (χ3v) is 13.5. The Morgan fingerprint density at radius 2 is 1.74 bits per heavy atom. The van der Waals surface area contributed by atoms with Gasteiger partial charge in [0.25, 0.3) is 0 Å². The highest BCUT2D eigenvalue weighted by Gasteiger charge is 2.41. The molecule has 2 rings (SSSR count). The van der Waals surface area contributed by atoms with E-state index in [0.29, 0.717) is 46.4 Å². The van der Waals surface area contributed by atoms with Crippen LogP contribution in [0.3, 0.4) is 0 Å². The summed E-state index contributed by atoms with van der Waals surface area (Å²) in [5.41, 5.74) is 6.23. The van der Waals surface area contributed by atoms with Gasteiger partial charge in [0.05, 0.1) is 18.0 Å². The third kappa shape index (κ3) is 8.32. The lowest BCUT2D eigenvalue weighted by molar-refractivity contribution is 0.0520. The molecule has 1 atom stereocenters. The first-order valence-corrected chi connectivity index (χ1v) is 16.7. The molecule has 2 aromatic heterocycles. The Labute approximate surface area is 233 Å². The average Bonchev–Trinajstić information content (AvgIpc) is 2.80. The Morgan fingerprint density at radius 3 is 2.26 bits per heavy atom. The average molecular weight is 560 g/mol. The van der Waals surface area contributed by atoms with E-state index >= 15 is 0 Å². The fourth-order valence-electron chi connectivity index (χ4n) is 4.96. The number of ether oxygens (including phenoxy) is 2. The van der Waals surface area contributed by atoms with Gasteiger partial charge in [-0.1, -0.05) is 59.2 Å². The van der Waals surface area contributed by atoms with Gasteiger partial charge >= 0.3 is 6.09 Å². The predicted octanol–water partition coefficient (Wildman–Crippen LogP) is 6.27. The van der Waals surface area contributed by atoms with E-state index in [9.17, 15) is 4.79 Å². The molecular weight excluding hydrogens is 514 g/mol. The number of carbonyl (C=O) groups excluding carboxylic acids is 1. The molecule has 0 radical (unpaired) electrons. The lowest BCUT2D eigenvalue weighted by Crippen LogP contribution is -2.43. The van der Waals surface area contributed by atoms with E-state index in [0.717, 1.165) is 10.9 Å². The number of anilines is 1. The molecule has 0 aliphatic heterocycles. The Morgan fingerprint density at radius 1 is 1.11 bits per heavy atom. The number of rotatable bonds is 10. The minimum atomic E-state index is -1.95. The number of amides is 1. The predicted molar refractivity (Wildman–Crippen MR) is 161 cm³/mol. The smallest absolute Gasteiger partial charge is 0.407 e. The van der Waals surface area contributed by atoms with Crippen molar-refractivity contribution in [2.24, 2.45) is 0 Å². The Balaban J connectivity index is 2.52. The molecule has 2 heterocycles. The van der Waals surface area contributed by atoms with Crippen LogP contribution in [0, 0.1) is 11.5 Å². The van der Waals surface area contributed by atoms with E-state index in [-0.39, 0.29) is 6.04 Å². The molecular formula is C28H45N5O3SSi. The van der Waals surface area contributed by atoms with E-state index in [1.54, 1.807) is 7.11 Å². The number of fused-ring (bicyclic) bond motifs is 1. The number of pyridine rings is 1. The summed E-state index contributed by atoms with van der Waals surface area (Å²) >= 11 is 1.47. The minimum Gasteiger partial charge on any atom is -0.444 e. The van der Waals surface area contributed by atoms with Crippen LogP contribution >= 0.6 is 11.8 Å². The lowest BCUT2D eigenvalue weighted by atomic mass is 10.2. The van der Waals surface area contributed by atoms with Gasteiger partial charge in [-0.05, 0) is 49.7 Å². The standard InChI is InChI=1S/C28H45N5O3SSi/c1-18(2)38(19(3)4,20(5)6)13-12-21-14-24(32-25-23(21)16-29-26(33-25)37-11)31-22(17-35-10)15-30-27(34)36-28(7,8)9/h14,16,18-20,22H,15,17H2,1-11H3,(H,30,34)(H,29,31,32,33)/t22-/m0/s1. The van der Waals surface area contributed by atoms with Gasteiger partial charge in [-0.2, -0.15) is 0 Å². The van der Waals surface area contributed by atoms with Crippen LogP contribution in [0.4, 0.5) is 10.6 Å². The second kappa shape index (κ2) is 13.6. The highest BCUT2D eigenvalue weighted by molar-refractivity contribution is 7.98. The van der Waals surface area contributed by atoms with Gasteiger partial charge < -0.3 is 20.1 Å². The SMILES string of the molecule is COC[C@H](CNC(=O)OC(C)(C)C)Nc1cc(C#C[Si](C(C)C)(C(C)C)C(C)C)c2cnc(SC)nc2n1. The maximum Gasteiger partial charge on any atom is 0.407 e. The molecule has 0 fully saturated rings. The summed E-state index contributed by atoms with van der Waals surface area (Å²) in [4.78, 5) is 26.1. The monoisotopic (exact) mass is 559 g/mol. The van der Waals surface area contributed by atoms with Crippen LogP contribution in [0.5, 0.6) is 0 Å². The molecule has 0 saturated heterocycles. The number of hydrogen-bond donors (Lipinski definition) is 2. The van der Waals surface area contributed by atoms with Crippen LogP contribution in [0.25, 0.3) is 11.0 Å². The molecule has 210 valence electrons. The van der Waals surface area contributed by atoms with Crippen molar-refractivity contribution in [3.8, 4) is 11.5 Å². The lowest BCUT2D eigenvalue weighted by Gasteiger charge is -2.38. The van der Waals surface area contributed by atoms with Crippen LogP contribution in [-0.4, -0.2) is 67.3 Å². The van der Waals surface area contributed by atoms with Gasteiger partial charge in [-0.25, -0.2) is 19.7 Å². The number of nitrogens with zero attached hydrogens (tertiary/aromatic N) is 3. The molecule has 2 N–H and O–H groups in total. The number of nitrogens with one attached hydrogen (secondary N) is 2. The normalized spacial score (nSPS) is 13.0. The molecule has 1 amide bonds. The molecule has 10 heteroatoms. The molecule has 8 nitrogen and oxygen atoms in total. The topological polar surface area (TPSA) is 98.3 Å². The molecule has 0 aliphatic rings. The first kappa shape index (κ1) is 31.9. The van der Waals surface area contributed by atoms with Crippen molar-refractivity contribution < 1.29 is 14.3 Å². The van der Waals surface area contributed by atoms with Gasteiger partial charge in [0, 0.05) is 25.4 Å². The second-order valence-electron chi connectivity index (χ2n) is 11.5. The molecule has 0 unspecified atom stereocenters. The van der Waals surface area contributed by atoms with Gasteiger partial charge in [-0.3, -0.25) is 0 Å². The fourth-order valence-corrected chi connectivity index (χ4v) is 10.5. The first-order valence-electron chi connectivity index (χ1n) is 13.2. The highest BCUT2D eigenvalue weighted by atomic mass is 32.2. The van der Waals surface area contributed by atoms with Crippen molar-refractivity contribution in [1.82, 2.24) is 20.3 Å². The number of thioether (sulfide) groups is 1. The number of hydrogen-bond acceptors (Lipinski definition) is 8. The number of alkyl carbamates (subject to hydrolysis) is 1. The second-order valence-corrected chi connectivity index (χ2v) is 17.8. The van der Waals surface area contributed by atoms with Gasteiger partial charge in [0.1, 0.15) is 19.5 Å². The van der Waals surface area contributed by atoms with Crippen LogP contribution in [0.15, 0.2) is 17.4 Å². The van der Waals surface area contributed by atoms with E-state index in [4.69, 9.17) is 14.5 Å². The van der Waals surface area contributed by atoms with Gasteiger partial charge in [-0.15, -0.1) is 5.54 Å². The summed E-state index contributed by atoms with van der Waals surface area (Å²) in [6, 6.07) is 1.71. The fraction of sp³-hybridized carbons (Fsp3) is 0.643. The molecule has 0 aliphatic carbocycles. The van der Waals surface area contributed by atoms with Gasteiger partial charge in [0.15, 0.2) is 10.8 Å². The zero-order valence-corrected chi connectivity index (χ0v) is 26.7. The summed E-state index contributed by atoms with van der Waals surface area (Å²) in [5.74, 6) is 4.17. The van der Waals surface area contributed by atoms with Crippen LogP contribution in [-0.2, 0) is 9.47 Å². The summed E-state index contributed by atoms with van der Waals surface area (Å²) in [6.45, 7) is 20.0. The van der Waals surface area contributed by atoms with Crippen molar-refractivity contribution in [3.05, 3.63) is 17.8 Å². The maximum absolute atomic E-state index is 12.2. The minimum absolute atomic E-state index is 0.240. The highest BCUT2D eigenvalue weighted by Crippen LogP contribution is 2.41. The molecule has 2 aromatic rings. The zero-order valence-electron chi connectivity index (χ0n) is 24.9. The third-order valence-electron chi connectivity index (χ3n) is 6.62. The van der Waals surface area contributed by atoms with Crippen molar-refractivity contribution >= 4 is 42.8 Å². The summed E-state index contributed by atoms with van der Waals surface area (Å²) in [6.07, 6.45) is 3.28. The van der Waals surface area contributed by atoms with Crippen molar-refractivity contribution in [1.29, 1.82) is 0 Å². The molecule has 0 saturated carbocycles. The Hall–Kier alpha value is -2.35. The van der Waals surface area contributed by atoms with Crippen molar-refractivity contribution in [2.75, 3.05) is 31.8 Å². The number of methoxy groups -OCH3 is 1. The van der Waals surface area contributed by atoms with Crippen molar-refractivity contribution in [2.45, 2.75) is 95.7 Å². The van der Waals surface area contributed by atoms with E-state index in [1.165, 1.54) is 11.8 Å². The first-order chi connectivity index (χ1) is 17.7. The molecule has 0 spiro atoms. The Bertz CT molecular complexity index is 1130. The van der Waals surface area contributed by atoms with E-state index < -0.39 is 19.8 Å². The maximum atomic E-state index is 12.2. The zero-order chi connectivity index (χ0) is 28.7. The summed E-state index contributed by atoms with van der Waals surface area (Å²) in [7, 11) is -0.327. The number of carbonyl (C=O) groups is 1. The molecule has 38 heavy (non-hydrogen) atoms. The van der Waals surface area contributed by atoms with E-state index in [2.05, 4.69) is 73.6 Å². The van der Waals surface area contributed by atoms with Gasteiger partial charge in [0.2, 0.25) is 0 Å². The summed E-state index contributed by atoms with van der Waals surface area (Å²) < 4.78 is 10.8. The van der Waals surface area contributed by atoms with Crippen molar-refractivity contribution in [3.63, 3.8) is 0 Å².